The largest absolute Gasteiger partial charge is 0.508 e. The second kappa shape index (κ2) is 6.83. The fourth-order valence-electron chi connectivity index (χ4n) is 2.46. The molecule has 1 aliphatic rings. The first-order chi connectivity index (χ1) is 8.69. The summed E-state index contributed by atoms with van der Waals surface area (Å²) < 4.78 is 1.02. The smallest absolute Gasteiger partial charge is 0.120 e. The van der Waals surface area contributed by atoms with Gasteiger partial charge >= 0.3 is 0 Å². The predicted octanol–water partition coefficient (Wildman–Crippen LogP) is 3.92. The van der Waals surface area contributed by atoms with E-state index in [0.29, 0.717) is 11.8 Å². The zero-order chi connectivity index (χ0) is 13.0. The number of hydrogen-bond donors (Lipinski definition) is 2. The van der Waals surface area contributed by atoms with Gasteiger partial charge < -0.3 is 10.4 Å². The lowest BCUT2D eigenvalue weighted by Gasteiger charge is -2.14. The van der Waals surface area contributed by atoms with Crippen LogP contribution >= 0.6 is 27.7 Å². The van der Waals surface area contributed by atoms with Crippen molar-refractivity contribution in [1.29, 1.82) is 0 Å². The summed E-state index contributed by atoms with van der Waals surface area (Å²) in [5, 5.41) is 14.2. The molecular formula is C14H20BrNOS. The Morgan fingerprint density at radius 2 is 2.28 bits per heavy atom. The molecule has 1 aromatic rings. The Morgan fingerprint density at radius 1 is 1.44 bits per heavy atom. The van der Waals surface area contributed by atoms with Crippen LogP contribution in [0.4, 0.5) is 0 Å². The Morgan fingerprint density at radius 3 is 3.06 bits per heavy atom. The summed E-state index contributed by atoms with van der Waals surface area (Å²) in [5.74, 6) is 1.59. The average Bonchev–Trinajstić information content (AvgIpc) is 2.79. The van der Waals surface area contributed by atoms with Crippen LogP contribution in [-0.2, 0) is 6.54 Å². The van der Waals surface area contributed by atoms with E-state index in [0.717, 1.165) is 21.8 Å². The third-order valence-corrected chi connectivity index (χ3v) is 5.14. The SMILES string of the molecule is CCSC1CCC(NCc2cc(Br)ccc2O)C1. The summed E-state index contributed by atoms with van der Waals surface area (Å²) in [4.78, 5) is 0. The second-order valence-electron chi connectivity index (χ2n) is 4.74. The molecule has 1 fully saturated rings. The van der Waals surface area contributed by atoms with Crippen LogP contribution in [-0.4, -0.2) is 22.2 Å². The lowest BCUT2D eigenvalue weighted by Crippen LogP contribution is -2.26. The highest BCUT2D eigenvalue weighted by molar-refractivity contribution is 9.10. The van der Waals surface area contributed by atoms with E-state index in [1.807, 2.05) is 12.1 Å². The molecular weight excluding hydrogens is 310 g/mol. The second-order valence-corrected chi connectivity index (χ2v) is 7.23. The van der Waals surface area contributed by atoms with Crippen LogP contribution in [0.2, 0.25) is 0 Å². The highest BCUT2D eigenvalue weighted by Crippen LogP contribution is 2.30. The number of hydrogen-bond acceptors (Lipinski definition) is 3. The lowest BCUT2D eigenvalue weighted by molar-refractivity contribution is 0.456. The standard InChI is InChI=1S/C14H20BrNOS/c1-2-18-13-5-4-12(8-13)16-9-10-7-11(15)3-6-14(10)17/h3,6-7,12-13,16-17H,2,4-5,8-9H2,1H3. The molecule has 2 atom stereocenters. The van der Waals surface area contributed by atoms with E-state index in [-0.39, 0.29) is 0 Å². The average molecular weight is 330 g/mol. The highest BCUT2D eigenvalue weighted by atomic mass is 79.9. The zero-order valence-corrected chi connectivity index (χ0v) is 13.1. The lowest BCUT2D eigenvalue weighted by atomic mass is 10.2. The fraction of sp³-hybridized carbons (Fsp3) is 0.571. The Hall–Kier alpha value is -0.190. The van der Waals surface area contributed by atoms with Gasteiger partial charge in [-0.05, 0) is 43.2 Å². The maximum absolute atomic E-state index is 9.78. The number of thioether (sulfide) groups is 1. The summed E-state index contributed by atoms with van der Waals surface area (Å²) in [6.45, 7) is 2.98. The van der Waals surface area contributed by atoms with Gasteiger partial charge in [0, 0.05) is 27.9 Å². The third kappa shape index (κ3) is 3.90. The topological polar surface area (TPSA) is 32.3 Å². The van der Waals surface area contributed by atoms with E-state index in [9.17, 15) is 5.11 Å². The van der Waals surface area contributed by atoms with Crippen molar-refractivity contribution in [3.63, 3.8) is 0 Å². The van der Waals surface area contributed by atoms with Crippen LogP contribution in [0.1, 0.15) is 31.7 Å². The van der Waals surface area contributed by atoms with Crippen molar-refractivity contribution in [2.45, 2.75) is 44.0 Å². The van der Waals surface area contributed by atoms with Crippen LogP contribution in [0.15, 0.2) is 22.7 Å². The first-order valence-electron chi connectivity index (χ1n) is 6.51. The molecule has 0 saturated heterocycles. The molecule has 0 heterocycles. The van der Waals surface area contributed by atoms with Gasteiger partial charge in [0.25, 0.3) is 0 Å². The maximum Gasteiger partial charge on any atom is 0.120 e. The number of phenols is 1. The molecule has 0 aliphatic heterocycles. The van der Waals surface area contributed by atoms with Gasteiger partial charge in [0.15, 0.2) is 0 Å². The molecule has 1 aromatic carbocycles. The molecule has 2 rings (SSSR count). The van der Waals surface area contributed by atoms with Crippen LogP contribution in [0.5, 0.6) is 5.75 Å². The summed E-state index contributed by atoms with van der Waals surface area (Å²) in [5.41, 5.74) is 0.968. The van der Waals surface area contributed by atoms with E-state index in [4.69, 9.17) is 0 Å². The summed E-state index contributed by atoms with van der Waals surface area (Å²) in [6.07, 6.45) is 3.83. The van der Waals surface area contributed by atoms with Crippen molar-refractivity contribution < 1.29 is 5.11 Å². The maximum atomic E-state index is 9.78. The van der Waals surface area contributed by atoms with Crippen LogP contribution < -0.4 is 5.32 Å². The first kappa shape index (κ1) is 14.2. The molecule has 2 N–H and O–H groups in total. The minimum absolute atomic E-state index is 0.378. The molecule has 2 unspecified atom stereocenters. The molecule has 100 valence electrons. The van der Waals surface area contributed by atoms with Gasteiger partial charge in [-0.15, -0.1) is 0 Å². The van der Waals surface area contributed by atoms with E-state index in [2.05, 4.69) is 39.9 Å². The first-order valence-corrected chi connectivity index (χ1v) is 8.35. The summed E-state index contributed by atoms with van der Waals surface area (Å²) >= 11 is 5.51. The fourth-order valence-corrected chi connectivity index (χ4v) is 4.01. The number of nitrogens with one attached hydrogen (secondary N) is 1. The molecule has 0 bridgehead atoms. The molecule has 1 saturated carbocycles. The molecule has 18 heavy (non-hydrogen) atoms. The Bertz CT molecular complexity index is 399. The van der Waals surface area contributed by atoms with Gasteiger partial charge in [0.05, 0.1) is 0 Å². The van der Waals surface area contributed by atoms with Gasteiger partial charge in [-0.3, -0.25) is 0 Å². The Labute approximate surface area is 122 Å². The zero-order valence-electron chi connectivity index (χ0n) is 10.7. The molecule has 0 spiro atoms. The van der Waals surface area contributed by atoms with Crippen molar-refractivity contribution in [1.82, 2.24) is 5.32 Å². The molecule has 0 radical (unpaired) electrons. The van der Waals surface area contributed by atoms with E-state index < -0.39 is 0 Å². The van der Waals surface area contributed by atoms with Gasteiger partial charge in [-0.25, -0.2) is 0 Å². The monoisotopic (exact) mass is 329 g/mol. The third-order valence-electron chi connectivity index (χ3n) is 3.41. The van der Waals surface area contributed by atoms with E-state index in [1.165, 1.54) is 25.0 Å². The number of phenolic OH excluding ortho intramolecular Hbond substituents is 1. The van der Waals surface area contributed by atoms with Crippen molar-refractivity contribution in [2.75, 3.05) is 5.75 Å². The molecule has 0 aromatic heterocycles. The molecule has 2 nitrogen and oxygen atoms in total. The van der Waals surface area contributed by atoms with Crippen molar-refractivity contribution >= 4 is 27.7 Å². The van der Waals surface area contributed by atoms with Crippen molar-refractivity contribution in [3.8, 4) is 5.75 Å². The highest BCUT2D eigenvalue weighted by Gasteiger charge is 2.24. The van der Waals surface area contributed by atoms with Gasteiger partial charge in [0.1, 0.15) is 5.75 Å². The van der Waals surface area contributed by atoms with Crippen molar-refractivity contribution in [2.24, 2.45) is 0 Å². The predicted molar refractivity (Wildman–Crippen MR) is 82.2 cm³/mol. The Kier molecular flexibility index (Phi) is 5.39. The Balaban J connectivity index is 1.83. The summed E-state index contributed by atoms with van der Waals surface area (Å²) in [6, 6.07) is 6.19. The number of benzene rings is 1. The van der Waals surface area contributed by atoms with Gasteiger partial charge in [-0.1, -0.05) is 22.9 Å². The molecule has 1 aliphatic carbocycles. The van der Waals surface area contributed by atoms with E-state index >= 15 is 0 Å². The molecule has 4 heteroatoms. The normalized spacial score (nSPS) is 23.4. The van der Waals surface area contributed by atoms with Crippen LogP contribution in [0, 0.1) is 0 Å². The number of halogens is 1. The summed E-state index contributed by atoms with van der Waals surface area (Å²) in [7, 11) is 0. The quantitative estimate of drug-likeness (QED) is 0.858. The number of aromatic hydroxyl groups is 1. The van der Waals surface area contributed by atoms with Crippen LogP contribution in [0.3, 0.4) is 0 Å². The minimum Gasteiger partial charge on any atom is -0.508 e. The molecule has 0 amide bonds. The van der Waals surface area contributed by atoms with Crippen molar-refractivity contribution in [3.05, 3.63) is 28.2 Å². The number of rotatable bonds is 5. The van der Waals surface area contributed by atoms with E-state index in [1.54, 1.807) is 6.07 Å². The van der Waals surface area contributed by atoms with Gasteiger partial charge in [-0.2, -0.15) is 11.8 Å². The van der Waals surface area contributed by atoms with Gasteiger partial charge in [0.2, 0.25) is 0 Å². The minimum atomic E-state index is 0.378. The van der Waals surface area contributed by atoms with Crippen LogP contribution in [0.25, 0.3) is 0 Å².